The standard InChI is InChI=1S/C28H33F4N5O5/c1-41-16-21(37-14-22(28(30,31)32)34-26(37)39)19-11-12-33-23(13-19)35-25(38)24(18-7-9-20(29)10-8-18)36-27(40)42-15-17-5-3-2-4-6-17/h2-6,11-13,18,20-22,24H,7-10,14-16H2,1H3,(H,34,39)(H,36,40)(H,33,35,38)/t18?,20?,21-,22+,24+/m1/s1. The summed E-state index contributed by atoms with van der Waals surface area (Å²) in [5.41, 5.74) is 1.14. The highest BCUT2D eigenvalue weighted by molar-refractivity contribution is 5.96. The number of carbonyl (C=O) groups is 3. The molecule has 2 fully saturated rings. The number of urea groups is 1. The first kappa shape index (κ1) is 31.0. The molecule has 3 atom stereocenters. The summed E-state index contributed by atoms with van der Waals surface area (Å²) in [6.07, 6.45) is -3.85. The second-order valence-corrected chi connectivity index (χ2v) is 10.3. The van der Waals surface area contributed by atoms with Crippen molar-refractivity contribution in [3.8, 4) is 0 Å². The van der Waals surface area contributed by atoms with E-state index in [1.54, 1.807) is 24.3 Å². The van der Waals surface area contributed by atoms with E-state index in [2.05, 4.69) is 15.6 Å². The lowest BCUT2D eigenvalue weighted by Crippen LogP contribution is -2.49. The van der Waals surface area contributed by atoms with Crippen LogP contribution in [0.3, 0.4) is 0 Å². The first-order valence-corrected chi connectivity index (χ1v) is 13.6. The third-order valence-corrected chi connectivity index (χ3v) is 7.40. The summed E-state index contributed by atoms with van der Waals surface area (Å²) in [4.78, 5) is 43.6. The molecule has 1 aromatic carbocycles. The fourth-order valence-corrected chi connectivity index (χ4v) is 5.16. The molecule has 0 spiro atoms. The van der Waals surface area contributed by atoms with Gasteiger partial charge in [-0.15, -0.1) is 0 Å². The number of nitrogens with zero attached hydrogens (tertiary/aromatic N) is 2. The molecule has 10 nitrogen and oxygen atoms in total. The van der Waals surface area contributed by atoms with Crippen molar-refractivity contribution >= 4 is 23.8 Å². The molecule has 0 radical (unpaired) electrons. The Bertz CT molecular complexity index is 1230. The lowest BCUT2D eigenvalue weighted by atomic mass is 9.82. The van der Waals surface area contributed by atoms with Gasteiger partial charge in [0.2, 0.25) is 5.91 Å². The van der Waals surface area contributed by atoms with Crippen molar-refractivity contribution in [3.05, 3.63) is 59.8 Å². The fourth-order valence-electron chi connectivity index (χ4n) is 5.16. The zero-order chi connectivity index (χ0) is 30.3. The molecule has 14 heteroatoms. The van der Waals surface area contributed by atoms with Crippen LogP contribution in [0.25, 0.3) is 0 Å². The molecular weight excluding hydrogens is 562 g/mol. The quantitative estimate of drug-likeness (QED) is 0.348. The molecule has 1 aliphatic heterocycles. The Morgan fingerprint density at radius 3 is 2.50 bits per heavy atom. The van der Waals surface area contributed by atoms with Gasteiger partial charge in [0.15, 0.2) is 0 Å². The third-order valence-electron chi connectivity index (χ3n) is 7.40. The minimum absolute atomic E-state index is 0.0119. The molecule has 1 saturated carbocycles. The summed E-state index contributed by atoms with van der Waals surface area (Å²) in [6, 6.07) is 7.03. The van der Waals surface area contributed by atoms with Crippen LogP contribution in [0.15, 0.2) is 48.7 Å². The van der Waals surface area contributed by atoms with Crippen molar-refractivity contribution in [1.29, 1.82) is 0 Å². The van der Waals surface area contributed by atoms with Crippen LogP contribution in [0.5, 0.6) is 0 Å². The summed E-state index contributed by atoms with van der Waals surface area (Å²) in [5.74, 6) is -0.925. The summed E-state index contributed by atoms with van der Waals surface area (Å²) in [6.45, 7) is -0.740. The molecule has 228 valence electrons. The molecule has 3 N–H and O–H groups in total. The molecule has 2 aliphatic rings. The van der Waals surface area contributed by atoms with Gasteiger partial charge in [0.1, 0.15) is 30.7 Å². The maximum absolute atomic E-state index is 13.8. The van der Waals surface area contributed by atoms with Crippen LogP contribution in [0.2, 0.25) is 0 Å². The summed E-state index contributed by atoms with van der Waals surface area (Å²) >= 11 is 0. The number of rotatable bonds is 10. The van der Waals surface area contributed by atoms with E-state index in [4.69, 9.17) is 9.47 Å². The van der Waals surface area contributed by atoms with Crippen LogP contribution in [0.1, 0.15) is 42.9 Å². The monoisotopic (exact) mass is 595 g/mol. The Kier molecular flexibility index (Phi) is 10.2. The van der Waals surface area contributed by atoms with Crippen molar-refractivity contribution in [2.24, 2.45) is 5.92 Å². The molecule has 42 heavy (non-hydrogen) atoms. The molecule has 1 aliphatic carbocycles. The molecule has 4 amide bonds. The maximum Gasteiger partial charge on any atom is 0.410 e. The number of ether oxygens (including phenoxy) is 2. The number of nitrogens with one attached hydrogen (secondary N) is 3. The van der Waals surface area contributed by atoms with E-state index in [0.29, 0.717) is 18.4 Å². The molecular formula is C28H33F4N5O5. The van der Waals surface area contributed by atoms with Crippen LogP contribution >= 0.6 is 0 Å². The summed E-state index contributed by atoms with van der Waals surface area (Å²) in [5, 5.41) is 7.19. The number of aromatic nitrogens is 1. The van der Waals surface area contributed by atoms with E-state index in [9.17, 15) is 31.9 Å². The molecule has 2 heterocycles. The lowest BCUT2D eigenvalue weighted by molar-refractivity contribution is -0.150. The predicted octanol–water partition coefficient (Wildman–Crippen LogP) is 4.49. The van der Waals surface area contributed by atoms with Gasteiger partial charge in [0.25, 0.3) is 0 Å². The van der Waals surface area contributed by atoms with Crippen molar-refractivity contribution in [1.82, 2.24) is 20.5 Å². The second-order valence-electron chi connectivity index (χ2n) is 10.3. The van der Waals surface area contributed by atoms with Gasteiger partial charge in [0, 0.05) is 13.3 Å². The first-order valence-electron chi connectivity index (χ1n) is 13.6. The Hall–Kier alpha value is -3.94. The van der Waals surface area contributed by atoms with E-state index < -0.39 is 55.0 Å². The average Bonchev–Trinajstić information content (AvgIpc) is 3.36. The largest absolute Gasteiger partial charge is 0.445 e. The molecule has 0 bridgehead atoms. The highest BCUT2D eigenvalue weighted by Gasteiger charge is 2.48. The molecule has 1 saturated heterocycles. The number of carbonyl (C=O) groups excluding carboxylic acids is 3. The number of alkyl carbamates (subject to hydrolysis) is 1. The minimum Gasteiger partial charge on any atom is -0.445 e. The topological polar surface area (TPSA) is 122 Å². The number of halogens is 4. The number of amides is 4. The number of anilines is 1. The number of benzene rings is 1. The number of hydrogen-bond acceptors (Lipinski definition) is 6. The Labute approximate surface area is 240 Å². The van der Waals surface area contributed by atoms with Crippen LogP contribution in [-0.2, 0) is 20.9 Å². The molecule has 1 aromatic heterocycles. The van der Waals surface area contributed by atoms with E-state index in [0.717, 1.165) is 10.5 Å². The van der Waals surface area contributed by atoms with Crippen molar-refractivity contribution in [2.75, 3.05) is 25.6 Å². The van der Waals surface area contributed by atoms with Crippen molar-refractivity contribution in [2.45, 2.75) is 62.8 Å². The number of hydrogen-bond donors (Lipinski definition) is 3. The smallest absolute Gasteiger partial charge is 0.410 e. The van der Waals surface area contributed by atoms with Crippen LogP contribution in [0.4, 0.5) is 33.0 Å². The normalized spacial score (nSPS) is 22.2. The predicted molar refractivity (Wildman–Crippen MR) is 143 cm³/mol. The SMILES string of the molecule is COC[C@H](c1ccnc(NC(=O)[C@@H](NC(=O)OCc2ccccc2)C2CCC(F)CC2)c1)N1C[C@@H](C(F)(F)F)NC1=O. The van der Waals surface area contributed by atoms with Gasteiger partial charge in [-0.2, -0.15) is 13.2 Å². The van der Waals surface area contributed by atoms with E-state index >= 15 is 0 Å². The van der Waals surface area contributed by atoms with Gasteiger partial charge >= 0.3 is 18.3 Å². The van der Waals surface area contributed by atoms with Gasteiger partial charge in [-0.1, -0.05) is 30.3 Å². The number of alkyl halides is 4. The van der Waals surface area contributed by atoms with Gasteiger partial charge in [-0.25, -0.2) is 19.0 Å². The first-order chi connectivity index (χ1) is 20.0. The van der Waals surface area contributed by atoms with Crippen LogP contribution in [0, 0.1) is 5.92 Å². The summed E-state index contributed by atoms with van der Waals surface area (Å²) in [7, 11) is 1.35. The van der Waals surface area contributed by atoms with Gasteiger partial charge in [0.05, 0.1) is 19.2 Å². The van der Waals surface area contributed by atoms with E-state index in [-0.39, 0.29) is 37.8 Å². The fraction of sp³-hybridized carbons (Fsp3) is 0.500. The van der Waals surface area contributed by atoms with Gasteiger partial charge in [-0.3, -0.25) is 4.79 Å². The van der Waals surface area contributed by atoms with Gasteiger partial charge in [-0.05, 0) is 54.9 Å². The second kappa shape index (κ2) is 13.8. The zero-order valence-corrected chi connectivity index (χ0v) is 22.9. The van der Waals surface area contributed by atoms with Crippen LogP contribution in [-0.4, -0.2) is 72.6 Å². The van der Waals surface area contributed by atoms with E-state index in [1.165, 1.54) is 25.4 Å². The lowest BCUT2D eigenvalue weighted by Gasteiger charge is -2.31. The zero-order valence-electron chi connectivity index (χ0n) is 22.9. The van der Waals surface area contributed by atoms with Gasteiger partial charge < -0.3 is 30.3 Å². The highest BCUT2D eigenvalue weighted by atomic mass is 19.4. The molecule has 2 aromatic rings. The van der Waals surface area contributed by atoms with Crippen molar-refractivity contribution in [3.63, 3.8) is 0 Å². The molecule has 0 unspecified atom stereocenters. The highest BCUT2D eigenvalue weighted by Crippen LogP contribution is 2.32. The van der Waals surface area contributed by atoms with Crippen molar-refractivity contribution < 1.29 is 41.4 Å². The Balaban J connectivity index is 1.48. The Morgan fingerprint density at radius 1 is 1.14 bits per heavy atom. The third kappa shape index (κ3) is 8.08. The number of pyridine rings is 1. The average molecular weight is 596 g/mol. The Morgan fingerprint density at radius 2 is 1.86 bits per heavy atom. The summed E-state index contributed by atoms with van der Waals surface area (Å²) < 4.78 is 64.1. The maximum atomic E-state index is 13.8. The van der Waals surface area contributed by atoms with Crippen LogP contribution < -0.4 is 16.0 Å². The number of methoxy groups -OCH3 is 1. The minimum atomic E-state index is -4.62. The van der Waals surface area contributed by atoms with E-state index in [1.807, 2.05) is 11.4 Å². The molecule has 4 rings (SSSR count).